The third-order valence-corrected chi connectivity index (χ3v) is 3.44. The summed E-state index contributed by atoms with van der Waals surface area (Å²) in [6.45, 7) is 2.65. The summed E-state index contributed by atoms with van der Waals surface area (Å²) in [6.07, 6.45) is 2.93. The molecular weight excluding hydrogens is 226 g/mol. The third-order valence-electron chi connectivity index (χ3n) is 3.44. The number of carbonyl (C=O) groups is 1. The Hall–Kier alpha value is -1.35. The zero-order valence-electron chi connectivity index (χ0n) is 10.9. The van der Waals surface area contributed by atoms with Crippen LogP contribution in [0.25, 0.3) is 0 Å². The monoisotopic (exact) mass is 247 g/mol. The van der Waals surface area contributed by atoms with Crippen molar-refractivity contribution in [3.8, 4) is 5.75 Å². The minimum atomic E-state index is 0.107. The second-order valence-corrected chi connectivity index (χ2v) is 5.13. The van der Waals surface area contributed by atoms with E-state index in [0.717, 1.165) is 18.6 Å². The lowest BCUT2D eigenvalue weighted by molar-refractivity contribution is -0.119. The van der Waals surface area contributed by atoms with E-state index in [-0.39, 0.29) is 6.04 Å². The molecule has 0 saturated carbocycles. The molecule has 0 bridgehead atoms. The van der Waals surface area contributed by atoms with Gasteiger partial charge in [0.1, 0.15) is 11.5 Å². The minimum absolute atomic E-state index is 0.107. The van der Waals surface area contributed by atoms with Crippen LogP contribution in [0.4, 0.5) is 0 Å². The van der Waals surface area contributed by atoms with Crippen LogP contribution in [0.2, 0.25) is 0 Å². The number of nitrogens with two attached hydrogens (primary N) is 1. The normalized spacial score (nSPS) is 19.8. The van der Waals surface area contributed by atoms with E-state index in [1.165, 1.54) is 5.56 Å². The second-order valence-electron chi connectivity index (χ2n) is 5.13. The fourth-order valence-corrected chi connectivity index (χ4v) is 2.39. The van der Waals surface area contributed by atoms with E-state index in [1.807, 2.05) is 25.1 Å². The molecule has 0 spiro atoms. The molecule has 2 rings (SSSR count). The molecule has 0 amide bonds. The number of benzene rings is 1. The molecule has 1 heterocycles. The molecule has 3 nitrogen and oxygen atoms in total. The highest BCUT2D eigenvalue weighted by Crippen LogP contribution is 2.35. The van der Waals surface area contributed by atoms with Crippen molar-refractivity contribution >= 4 is 5.78 Å². The van der Waals surface area contributed by atoms with Crippen LogP contribution in [-0.2, 0) is 4.79 Å². The number of Topliss-reactive ketones (excluding diaryl/α,β-unsaturated/α-hetero) is 1. The topological polar surface area (TPSA) is 52.3 Å². The van der Waals surface area contributed by atoms with Crippen molar-refractivity contribution < 1.29 is 9.53 Å². The van der Waals surface area contributed by atoms with Crippen molar-refractivity contribution in [3.63, 3.8) is 0 Å². The molecule has 1 aliphatic rings. The molecule has 2 N–H and O–H groups in total. The van der Waals surface area contributed by atoms with Crippen molar-refractivity contribution in [2.75, 3.05) is 6.61 Å². The van der Waals surface area contributed by atoms with E-state index in [0.29, 0.717) is 31.1 Å². The average Bonchev–Trinajstić information content (AvgIpc) is 2.37. The fraction of sp³-hybridized carbons (Fsp3) is 0.533. The second kappa shape index (κ2) is 6.01. The Morgan fingerprint density at radius 1 is 1.50 bits per heavy atom. The van der Waals surface area contributed by atoms with Gasteiger partial charge in [-0.25, -0.2) is 0 Å². The quantitative estimate of drug-likeness (QED) is 0.870. The maximum Gasteiger partial charge on any atom is 0.133 e. The zero-order chi connectivity index (χ0) is 13.0. The summed E-state index contributed by atoms with van der Waals surface area (Å²) >= 11 is 0. The first-order valence-corrected chi connectivity index (χ1v) is 6.66. The van der Waals surface area contributed by atoms with E-state index in [1.54, 1.807) is 0 Å². The van der Waals surface area contributed by atoms with Crippen molar-refractivity contribution in [1.82, 2.24) is 0 Å². The number of fused-ring (bicyclic) bond motifs is 1. The number of para-hydroxylation sites is 1. The predicted octanol–water partition coefficient (Wildman–Crippen LogP) is 2.64. The molecular formula is C15H21NO2. The molecule has 0 radical (unpaired) electrons. The van der Waals surface area contributed by atoms with Gasteiger partial charge in [-0.05, 0) is 37.3 Å². The van der Waals surface area contributed by atoms with Gasteiger partial charge in [-0.2, -0.15) is 0 Å². The van der Waals surface area contributed by atoms with Gasteiger partial charge in [-0.3, -0.25) is 4.79 Å². The Morgan fingerprint density at radius 3 is 3.06 bits per heavy atom. The van der Waals surface area contributed by atoms with Gasteiger partial charge in [0.15, 0.2) is 0 Å². The highest BCUT2D eigenvalue weighted by atomic mass is 16.5. The summed E-state index contributed by atoms with van der Waals surface area (Å²) in [5.74, 6) is 1.57. The number of hydrogen-bond donors (Lipinski definition) is 1. The Bertz CT molecular complexity index is 415. The molecule has 0 fully saturated rings. The zero-order valence-corrected chi connectivity index (χ0v) is 10.9. The molecule has 18 heavy (non-hydrogen) atoms. The van der Waals surface area contributed by atoms with Crippen LogP contribution in [0.1, 0.15) is 44.1 Å². The van der Waals surface area contributed by atoms with Crippen LogP contribution < -0.4 is 10.5 Å². The fourth-order valence-electron chi connectivity index (χ4n) is 2.39. The first-order valence-electron chi connectivity index (χ1n) is 6.66. The Morgan fingerprint density at radius 2 is 2.28 bits per heavy atom. The number of carbonyl (C=O) groups excluding carboxylic acids is 1. The molecule has 0 saturated heterocycles. The van der Waals surface area contributed by atoms with Crippen LogP contribution in [0.3, 0.4) is 0 Å². The summed E-state index contributed by atoms with van der Waals surface area (Å²) in [7, 11) is 0. The predicted molar refractivity (Wildman–Crippen MR) is 71.8 cm³/mol. The van der Waals surface area contributed by atoms with Gasteiger partial charge < -0.3 is 10.5 Å². The highest BCUT2D eigenvalue weighted by molar-refractivity contribution is 5.79. The third kappa shape index (κ3) is 3.33. The van der Waals surface area contributed by atoms with Crippen molar-refractivity contribution in [1.29, 1.82) is 0 Å². The van der Waals surface area contributed by atoms with Gasteiger partial charge in [0.05, 0.1) is 6.61 Å². The highest BCUT2D eigenvalue weighted by Gasteiger charge is 2.23. The molecule has 2 unspecified atom stereocenters. The number of rotatable bonds is 5. The molecule has 3 heteroatoms. The average molecular weight is 247 g/mol. The lowest BCUT2D eigenvalue weighted by Gasteiger charge is -2.25. The van der Waals surface area contributed by atoms with E-state index >= 15 is 0 Å². The summed E-state index contributed by atoms with van der Waals surface area (Å²) in [5.41, 5.74) is 6.86. The summed E-state index contributed by atoms with van der Waals surface area (Å²) in [5, 5.41) is 0. The summed E-state index contributed by atoms with van der Waals surface area (Å²) in [6, 6.07) is 8.13. The Labute approximate surface area is 108 Å². The van der Waals surface area contributed by atoms with Gasteiger partial charge in [-0.15, -0.1) is 0 Å². The first-order chi connectivity index (χ1) is 8.66. The van der Waals surface area contributed by atoms with Crippen LogP contribution in [0.5, 0.6) is 5.75 Å². The van der Waals surface area contributed by atoms with Crippen LogP contribution in [0.15, 0.2) is 24.3 Å². The van der Waals surface area contributed by atoms with Crippen LogP contribution >= 0.6 is 0 Å². The number of ether oxygens (including phenoxy) is 1. The van der Waals surface area contributed by atoms with Crippen LogP contribution in [-0.4, -0.2) is 18.4 Å². The minimum Gasteiger partial charge on any atom is -0.493 e. The van der Waals surface area contributed by atoms with E-state index in [9.17, 15) is 4.79 Å². The van der Waals surface area contributed by atoms with Gasteiger partial charge in [0.25, 0.3) is 0 Å². The largest absolute Gasteiger partial charge is 0.493 e. The molecule has 0 aliphatic carbocycles. The lowest BCUT2D eigenvalue weighted by atomic mass is 9.88. The molecule has 98 valence electrons. The SMILES string of the molecule is CC(N)CCC(=O)CC1CCOc2ccccc21. The molecule has 0 aromatic heterocycles. The van der Waals surface area contributed by atoms with Gasteiger partial charge >= 0.3 is 0 Å². The molecule has 1 aromatic rings. The van der Waals surface area contributed by atoms with Gasteiger partial charge in [0.2, 0.25) is 0 Å². The van der Waals surface area contributed by atoms with Crippen LogP contribution in [0, 0.1) is 0 Å². The van der Waals surface area contributed by atoms with E-state index in [4.69, 9.17) is 10.5 Å². The van der Waals surface area contributed by atoms with Gasteiger partial charge in [0, 0.05) is 18.9 Å². The standard InChI is InChI=1S/C15H21NO2/c1-11(16)6-7-13(17)10-12-8-9-18-15-5-3-2-4-14(12)15/h2-5,11-12H,6-10,16H2,1H3. The maximum atomic E-state index is 11.9. The first kappa shape index (κ1) is 13.1. The molecule has 2 atom stereocenters. The molecule has 1 aliphatic heterocycles. The number of ketones is 1. The van der Waals surface area contributed by atoms with Crippen molar-refractivity contribution in [3.05, 3.63) is 29.8 Å². The Balaban J connectivity index is 1.96. The van der Waals surface area contributed by atoms with Crippen molar-refractivity contribution in [2.24, 2.45) is 5.73 Å². The maximum absolute atomic E-state index is 11.9. The van der Waals surface area contributed by atoms with E-state index < -0.39 is 0 Å². The Kier molecular flexibility index (Phi) is 4.37. The lowest BCUT2D eigenvalue weighted by Crippen LogP contribution is -2.19. The summed E-state index contributed by atoms with van der Waals surface area (Å²) < 4.78 is 5.60. The smallest absolute Gasteiger partial charge is 0.133 e. The van der Waals surface area contributed by atoms with Crippen molar-refractivity contribution in [2.45, 2.75) is 44.6 Å². The van der Waals surface area contributed by atoms with Gasteiger partial charge in [-0.1, -0.05) is 18.2 Å². The van der Waals surface area contributed by atoms with E-state index in [2.05, 4.69) is 6.07 Å². The number of hydrogen-bond acceptors (Lipinski definition) is 3. The summed E-state index contributed by atoms with van der Waals surface area (Å²) in [4.78, 5) is 11.9. The molecule has 1 aromatic carbocycles.